The maximum absolute atomic E-state index is 9.36. The fraction of sp³-hybridized carbons (Fsp3) is 0.400. The van der Waals surface area contributed by atoms with Crippen molar-refractivity contribution >= 4 is 28.4 Å². The standard InChI is InChI=1S/C15H20N2OS/c1-11(10-19-3)17(2)15-8-12(9-18)16-14-7-5-4-6-13(14)15/h4-8,11,18H,9-10H2,1-3H3. The zero-order valence-corrected chi connectivity index (χ0v) is 12.4. The predicted octanol–water partition coefficient (Wildman–Crippen LogP) is 2.91. The van der Waals surface area contributed by atoms with Crippen LogP contribution in [0, 0.1) is 0 Å². The summed E-state index contributed by atoms with van der Waals surface area (Å²) in [6, 6.07) is 10.5. The Bertz CT molecular complexity index is 559. The van der Waals surface area contributed by atoms with Crippen LogP contribution in [0.5, 0.6) is 0 Å². The molecule has 0 fully saturated rings. The maximum Gasteiger partial charge on any atom is 0.0854 e. The van der Waals surface area contributed by atoms with Gasteiger partial charge in [0.2, 0.25) is 0 Å². The Labute approximate surface area is 118 Å². The summed E-state index contributed by atoms with van der Waals surface area (Å²) in [5, 5.41) is 10.5. The van der Waals surface area contributed by atoms with E-state index in [0.717, 1.165) is 28.0 Å². The van der Waals surface area contributed by atoms with Crippen molar-refractivity contribution < 1.29 is 5.11 Å². The van der Waals surface area contributed by atoms with Crippen molar-refractivity contribution in [2.75, 3.05) is 24.0 Å². The number of rotatable bonds is 5. The number of pyridine rings is 1. The van der Waals surface area contributed by atoms with Crippen molar-refractivity contribution in [1.82, 2.24) is 4.98 Å². The van der Waals surface area contributed by atoms with Crippen molar-refractivity contribution in [3.63, 3.8) is 0 Å². The second-order valence-electron chi connectivity index (χ2n) is 4.72. The highest BCUT2D eigenvalue weighted by Gasteiger charge is 2.14. The van der Waals surface area contributed by atoms with E-state index in [4.69, 9.17) is 0 Å². The minimum absolute atomic E-state index is 0.0252. The van der Waals surface area contributed by atoms with Crippen molar-refractivity contribution in [3.05, 3.63) is 36.0 Å². The maximum atomic E-state index is 9.36. The summed E-state index contributed by atoms with van der Waals surface area (Å²) in [7, 11) is 2.10. The van der Waals surface area contributed by atoms with Crippen LogP contribution in [0.1, 0.15) is 12.6 Å². The van der Waals surface area contributed by atoms with E-state index in [2.05, 4.69) is 36.2 Å². The minimum Gasteiger partial charge on any atom is -0.390 e. The second-order valence-corrected chi connectivity index (χ2v) is 5.63. The highest BCUT2D eigenvalue weighted by Crippen LogP contribution is 2.27. The molecule has 0 aliphatic carbocycles. The van der Waals surface area contributed by atoms with E-state index in [1.54, 1.807) is 0 Å². The van der Waals surface area contributed by atoms with Gasteiger partial charge in [-0.15, -0.1) is 0 Å². The summed E-state index contributed by atoms with van der Waals surface area (Å²) in [5.41, 5.74) is 2.79. The summed E-state index contributed by atoms with van der Waals surface area (Å²) >= 11 is 1.84. The normalized spacial score (nSPS) is 12.6. The average molecular weight is 276 g/mol. The molecule has 2 rings (SSSR count). The van der Waals surface area contributed by atoms with E-state index >= 15 is 0 Å². The summed E-state index contributed by atoms with van der Waals surface area (Å²) in [6.07, 6.45) is 2.12. The summed E-state index contributed by atoms with van der Waals surface area (Å²) in [5.74, 6) is 1.07. The zero-order chi connectivity index (χ0) is 13.8. The van der Waals surface area contributed by atoms with Gasteiger partial charge in [0.15, 0.2) is 0 Å². The van der Waals surface area contributed by atoms with E-state index in [0.29, 0.717) is 6.04 Å². The Morgan fingerprint density at radius 3 is 2.79 bits per heavy atom. The van der Waals surface area contributed by atoms with E-state index in [9.17, 15) is 5.11 Å². The third kappa shape index (κ3) is 3.01. The fourth-order valence-electron chi connectivity index (χ4n) is 2.17. The molecule has 19 heavy (non-hydrogen) atoms. The molecule has 1 atom stereocenters. The Balaban J connectivity index is 2.51. The van der Waals surface area contributed by atoms with E-state index in [1.807, 2.05) is 36.0 Å². The van der Waals surface area contributed by atoms with Crippen LogP contribution < -0.4 is 4.90 Å². The summed E-state index contributed by atoms with van der Waals surface area (Å²) in [4.78, 5) is 6.72. The first-order valence-corrected chi connectivity index (χ1v) is 7.78. The smallest absolute Gasteiger partial charge is 0.0854 e. The van der Waals surface area contributed by atoms with Crippen LogP contribution >= 0.6 is 11.8 Å². The summed E-state index contributed by atoms with van der Waals surface area (Å²) < 4.78 is 0. The fourth-order valence-corrected chi connectivity index (χ4v) is 2.88. The first-order valence-electron chi connectivity index (χ1n) is 6.38. The number of hydrogen-bond acceptors (Lipinski definition) is 4. The molecule has 2 aromatic rings. The van der Waals surface area contributed by atoms with Gasteiger partial charge in [-0.05, 0) is 25.3 Å². The molecule has 0 radical (unpaired) electrons. The number of benzene rings is 1. The lowest BCUT2D eigenvalue weighted by Crippen LogP contribution is -2.31. The van der Waals surface area contributed by atoms with Crippen LogP contribution in [0.4, 0.5) is 5.69 Å². The van der Waals surface area contributed by atoms with Gasteiger partial charge in [-0.3, -0.25) is 4.98 Å². The third-order valence-corrected chi connectivity index (χ3v) is 4.17. The van der Waals surface area contributed by atoms with Gasteiger partial charge in [0, 0.05) is 29.9 Å². The molecule has 4 heteroatoms. The van der Waals surface area contributed by atoms with Crippen LogP contribution in [0.3, 0.4) is 0 Å². The molecule has 0 spiro atoms. The van der Waals surface area contributed by atoms with Gasteiger partial charge in [-0.1, -0.05) is 18.2 Å². The van der Waals surface area contributed by atoms with Gasteiger partial charge in [0.1, 0.15) is 0 Å². The van der Waals surface area contributed by atoms with Crippen LogP contribution in [-0.2, 0) is 6.61 Å². The molecule has 0 amide bonds. The van der Waals surface area contributed by atoms with Gasteiger partial charge in [0.05, 0.1) is 17.8 Å². The average Bonchev–Trinajstić information content (AvgIpc) is 2.45. The predicted molar refractivity (Wildman–Crippen MR) is 83.9 cm³/mol. The third-order valence-electron chi connectivity index (χ3n) is 3.36. The van der Waals surface area contributed by atoms with Crippen LogP contribution in [0.2, 0.25) is 0 Å². The number of fused-ring (bicyclic) bond motifs is 1. The molecule has 1 aromatic carbocycles. The molecule has 1 heterocycles. The lowest BCUT2D eigenvalue weighted by molar-refractivity contribution is 0.277. The van der Waals surface area contributed by atoms with Gasteiger partial charge >= 0.3 is 0 Å². The first kappa shape index (κ1) is 14.2. The molecule has 1 N–H and O–H groups in total. The number of hydrogen-bond donors (Lipinski definition) is 1. The number of aliphatic hydroxyl groups is 1. The van der Waals surface area contributed by atoms with Crippen LogP contribution in [-0.4, -0.2) is 35.2 Å². The monoisotopic (exact) mass is 276 g/mol. The van der Waals surface area contributed by atoms with E-state index < -0.39 is 0 Å². The molecular weight excluding hydrogens is 256 g/mol. The molecule has 0 bridgehead atoms. The number of aromatic nitrogens is 1. The Hall–Kier alpha value is -1.26. The van der Waals surface area contributed by atoms with Gasteiger partial charge < -0.3 is 10.0 Å². The minimum atomic E-state index is -0.0252. The SMILES string of the molecule is CSCC(C)N(C)c1cc(CO)nc2ccccc12. The second kappa shape index (κ2) is 6.26. The largest absolute Gasteiger partial charge is 0.390 e. The topological polar surface area (TPSA) is 36.4 Å². The lowest BCUT2D eigenvalue weighted by atomic mass is 10.1. The first-order chi connectivity index (χ1) is 9.17. The van der Waals surface area contributed by atoms with Crippen molar-refractivity contribution in [3.8, 4) is 0 Å². The molecule has 0 saturated carbocycles. The number of aliphatic hydroxyl groups excluding tert-OH is 1. The van der Waals surface area contributed by atoms with Crippen LogP contribution in [0.25, 0.3) is 10.9 Å². The highest BCUT2D eigenvalue weighted by molar-refractivity contribution is 7.98. The van der Waals surface area contributed by atoms with Crippen molar-refractivity contribution in [2.45, 2.75) is 19.6 Å². The van der Waals surface area contributed by atoms with Gasteiger partial charge in [-0.25, -0.2) is 0 Å². The molecule has 102 valence electrons. The molecule has 1 unspecified atom stereocenters. The molecule has 1 aromatic heterocycles. The number of thioether (sulfide) groups is 1. The Morgan fingerprint density at radius 2 is 2.11 bits per heavy atom. The number of anilines is 1. The molecule has 0 aliphatic rings. The molecule has 0 saturated heterocycles. The van der Waals surface area contributed by atoms with Gasteiger partial charge in [-0.2, -0.15) is 11.8 Å². The number of nitrogens with zero attached hydrogens (tertiary/aromatic N) is 2. The quantitative estimate of drug-likeness (QED) is 0.911. The number of para-hydroxylation sites is 1. The Kier molecular flexibility index (Phi) is 4.66. The van der Waals surface area contributed by atoms with Gasteiger partial charge in [0.25, 0.3) is 0 Å². The van der Waals surface area contributed by atoms with Crippen molar-refractivity contribution in [2.24, 2.45) is 0 Å². The zero-order valence-electron chi connectivity index (χ0n) is 11.6. The molecule has 3 nitrogen and oxygen atoms in total. The van der Waals surface area contributed by atoms with E-state index in [-0.39, 0.29) is 6.61 Å². The highest BCUT2D eigenvalue weighted by atomic mass is 32.2. The molecule has 0 aliphatic heterocycles. The van der Waals surface area contributed by atoms with Crippen molar-refractivity contribution in [1.29, 1.82) is 0 Å². The Morgan fingerprint density at radius 1 is 1.37 bits per heavy atom. The molecular formula is C15H20N2OS. The summed E-state index contributed by atoms with van der Waals surface area (Å²) in [6.45, 7) is 2.19. The van der Waals surface area contributed by atoms with Crippen LogP contribution in [0.15, 0.2) is 30.3 Å². The van der Waals surface area contributed by atoms with E-state index in [1.165, 1.54) is 0 Å². The lowest BCUT2D eigenvalue weighted by Gasteiger charge is -2.28.